The number of esters is 8. The molecule has 3 aliphatic heterocycles. The Labute approximate surface area is 1250 Å². The van der Waals surface area contributed by atoms with Gasteiger partial charge in [0.15, 0.2) is 11.3 Å². The molecule has 23 nitrogen and oxygen atoms in total. The predicted molar refractivity (Wildman–Crippen MR) is 492 cm³/mol. The van der Waals surface area contributed by atoms with Crippen LogP contribution < -0.4 is 519 Å². The van der Waals surface area contributed by atoms with Gasteiger partial charge in [-0.3, -0.25) is 105 Å². The zero-order valence-corrected chi connectivity index (χ0v) is 118. The predicted octanol–water partition coefficient (Wildman–Crippen LogP) is -8.82. The van der Waals surface area contributed by atoms with Crippen molar-refractivity contribution in [1.29, 1.82) is 0 Å². The van der Waals surface area contributed by atoms with Crippen molar-refractivity contribution in [3.05, 3.63) is 289 Å². The van der Waals surface area contributed by atoms with Crippen molar-refractivity contribution < 1.29 is 595 Å². The number of carbonyl (C=O) groups excluding carboxylic acids is 8. The van der Waals surface area contributed by atoms with Gasteiger partial charge in [0.2, 0.25) is 5.13 Å². The van der Waals surface area contributed by atoms with Crippen LogP contribution in [0.5, 0.6) is 0 Å². The second kappa shape index (κ2) is 77.1. The Hall–Kier alpha value is 4.71. The molecule has 652 valence electrons. The van der Waals surface area contributed by atoms with E-state index < -0.39 is 47.8 Å². The fourth-order valence-electron chi connectivity index (χ4n) is 10.4. The fraction of sp³-hybridized carbons (Fsp3) is 0.253. The number of carbonyl (C=O) groups is 8. The quantitative estimate of drug-likeness (QED) is 0.00418. The van der Waals surface area contributed by atoms with E-state index in [1.165, 1.54) is 81.7 Å². The van der Waals surface area contributed by atoms with Crippen LogP contribution in [-0.2, 0) is 87.1 Å². The number of aromatic nitrogens is 2. The Bertz CT molecular complexity index is 5790. The van der Waals surface area contributed by atoms with Crippen molar-refractivity contribution in [2.24, 2.45) is 5.10 Å². The molecular formula is C95H82K10N6O17S8. The Morgan fingerprint density at radius 3 is 1.33 bits per heavy atom. The summed E-state index contributed by atoms with van der Waals surface area (Å²) in [5.41, 5.74) is 10.6. The molecule has 7 aromatic carbocycles. The van der Waals surface area contributed by atoms with Gasteiger partial charge < -0.3 is 83.7 Å². The van der Waals surface area contributed by atoms with Crippen molar-refractivity contribution >= 4 is 184 Å². The number of hydrogen-bond donors (Lipinski definition) is 1. The SMILES string of the molecule is C=CC(=O)OCCCCOC(=O)C(C(=O)OCCCCOC(=O)C=C)=C1Sc2[c-]cc[c-]c2S1.Cc1cc(C)c2cc(-c3nc4[c-]cc[c-]c4s3)oc2c1.[C-]#[N+]/C(C(=O)OCCCCOC(=O)C=C)=C1/Sc2[c-]cc(C(C)(C)C)[c-]c2S1.[C-]#[N+]/C(C(=O)OCCOC(=O)C=C)=C1/Sc2[c-]cc(C(C)(C)C)[c-]c2S1.[K+].[K+].[K+].[K+].[K+].[K+].[K+].[K+].[K+].[K+].[c-]1cc[c-]c(/C=N/Nc2nc3ccccc3s2)c1. The normalized spacial score (nSPS) is 11.9. The summed E-state index contributed by atoms with van der Waals surface area (Å²) in [7, 11) is 0. The molecule has 0 bridgehead atoms. The number of aryl methyl sites for hydroxylation is 2. The van der Waals surface area contributed by atoms with Crippen LogP contribution in [0.3, 0.4) is 0 Å². The van der Waals surface area contributed by atoms with E-state index >= 15 is 0 Å². The number of benzene rings is 7. The Morgan fingerprint density at radius 2 is 0.882 bits per heavy atom. The van der Waals surface area contributed by atoms with Gasteiger partial charge in [-0.05, 0) is 87.8 Å². The number of anilines is 1. The third kappa shape index (κ3) is 49.0. The Kier molecular flexibility index (Phi) is 80.9. The average Bonchev–Trinajstić information content (AvgIpc) is 1.66. The van der Waals surface area contributed by atoms with Crippen LogP contribution in [0.1, 0.15) is 108 Å². The molecular weight excluding hydrogens is 2140 g/mol. The average molecular weight is 2230 g/mol. The number of fused-ring (bicyclic) bond motifs is 6. The van der Waals surface area contributed by atoms with Crippen molar-refractivity contribution in [3.63, 3.8) is 0 Å². The first-order chi connectivity index (χ1) is 60.6. The number of ether oxygens (including phenoxy) is 8. The van der Waals surface area contributed by atoms with Crippen LogP contribution in [0.25, 0.3) is 51.9 Å². The summed E-state index contributed by atoms with van der Waals surface area (Å²) >= 11 is 10.9. The number of hydrogen-bond acceptors (Lipinski definition) is 29. The van der Waals surface area contributed by atoms with E-state index in [0.29, 0.717) is 51.2 Å². The van der Waals surface area contributed by atoms with Crippen LogP contribution in [0.2, 0.25) is 0 Å². The van der Waals surface area contributed by atoms with E-state index in [2.05, 4.69) is 191 Å². The fourth-order valence-corrected chi connectivity index (χ4v) is 19.0. The number of thioether (sulfide) groups is 6. The first-order valence-electron chi connectivity index (χ1n) is 38.6. The van der Waals surface area contributed by atoms with E-state index in [9.17, 15) is 38.4 Å². The first-order valence-corrected chi connectivity index (χ1v) is 45.2. The minimum Gasteiger partial charge on any atom is -0.471 e. The van der Waals surface area contributed by atoms with Crippen molar-refractivity contribution in [2.45, 2.75) is 134 Å². The molecule has 0 amide bonds. The number of furan rings is 1. The van der Waals surface area contributed by atoms with Gasteiger partial charge in [-0.1, -0.05) is 114 Å². The van der Waals surface area contributed by atoms with Gasteiger partial charge in [0, 0.05) is 42.4 Å². The summed E-state index contributed by atoms with van der Waals surface area (Å²) in [6.45, 7) is 45.2. The topological polar surface area (TPSA) is 282 Å². The third-order valence-corrected chi connectivity index (χ3v) is 25.9. The minimum absolute atomic E-state index is 0. The second-order valence-electron chi connectivity index (χ2n) is 28.2. The first kappa shape index (κ1) is 143. The maximum Gasteiger partial charge on any atom is 1.00 e. The van der Waals surface area contributed by atoms with Crippen LogP contribution in [0.15, 0.2) is 216 Å². The number of unbranched alkanes of at least 4 members (excludes halogenated alkanes) is 3. The molecule has 0 fully saturated rings. The van der Waals surface area contributed by atoms with Gasteiger partial charge in [0.05, 0.1) is 63.0 Å². The molecule has 0 saturated heterocycles. The molecule has 0 atom stereocenters. The smallest absolute Gasteiger partial charge is 0.471 e. The maximum absolute atomic E-state index is 12.8. The van der Waals surface area contributed by atoms with E-state index in [4.69, 9.17) is 55.5 Å². The van der Waals surface area contributed by atoms with Gasteiger partial charge in [-0.15, -0.1) is 5.52 Å². The van der Waals surface area contributed by atoms with Crippen molar-refractivity contribution in [2.75, 3.05) is 58.3 Å². The van der Waals surface area contributed by atoms with E-state index in [1.54, 1.807) is 53.2 Å². The summed E-state index contributed by atoms with van der Waals surface area (Å²) in [4.78, 5) is 114. The molecule has 1 N–H and O–H groups in total. The molecule has 13 rings (SSSR count). The van der Waals surface area contributed by atoms with Gasteiger partial charge in [-0.2, -0.15) is 85.1 Å². The second-order valence-corrected chi connectivity index (χ2v) is 37.1. The monoisotopic (exact) mass is 2220 g/mol. The molecule has 0 unspecified atom stereocenters. The van der Waals surface area contributed by atoms with Crippen LogP contribution in [-0.4, -0.2) is 117 Å². The number of hydrazone groups is 1. The van der Waals surface area contributed by atoms with Gasteiger partial charge in [0.25, 0.3) is 11.4 Å². The summed E-state index contributed by atoms with van der Waals surface area (Å²) in [5.74, 6) is -4.27. The molecule has 3 aromatic heterocycles. The number of rotatable bonds is 30. The van der Waals surface area contributed by atoms with Gasteiger partial charge >= 0.3 is 562 Å². The standard InChI is InChI=1S/C24H24O8S2.C21H21NO4S2.C19H17NO4S2.C17H11NOS.C14H9N3S.10K/c1-3-19(25)29-13-7-9-15-31-22(27)21(24-33-17-11-5-6-12-18(17)34-24)23(28)32-16-10-8-14-30-20(26)4-2;1-6-17(23)25-11-7-8-12-26-19(24)18(22-5)20-27-15-10-9-14(21(2,3)4)13-16(15)28-20;1-6-15(21)23-9-10-24-17(22)16(20-5)18-25-13-8-7-12(19(2,3)4)11-14(13)26-18;1-10-7-11(2)12-9-15(19-14(12)8-10)17-18-13-5-3-4-6-16(13)20-17;1-2-6-11(7-3-1)10-15-17-14-16-12-8-4-5-9-13(12)18-14;;;;;;;;;;/h3-6H,1-2,7-10,13-16H2;6,9H,1,7-8,11-12H2,2-4H3;6-7H,1,9-10H2,2-4H3;3-4,7-9H,1-2H3;1-2,4-5,7-10H,(H,16,17);;;;;;;;;;/q5*-2;10*+1/b;20-18-;18-16-;;15-10+;;;;;;;;;;. The summed E-state index contributed by atoms with van der Waals surface area (Å²) in [6.07, 6.45) is 8.92. The summed E-state index contributed by atoms with van der Waals surface area (Å²) in [5, 5.41) is 6.95. The van der Waals surface area contributed by atoms with Crippen LogP contribution >= 0.6 is 93.2 Å². The van der Waals surface area contributed by atoms with Crippen molar-refractivity contribution in [3.8, 4) is 10.8 Å². The molecule has 3 aliphatic rings. The summed E-state index contributed by atoms with van der Waals surface area (Å²) in [6, 6.07) is 62.2. The Morgan fingerprint density at radius 1 is 0.471 bits per heavy atom. The number of para-hydroxylation sites is 1. The number of thiazole rings is 2. The molecule has 0 radical (unpaired) electrons. The largest absolute Gasteiger partial charge is 1.00 e. The van der Waals surface area contributed by atoms with E-state index in [0.717, 1.165) is 118 Å². The maximum atomic E-state index is 12.8. The third-order valence-electron chi connectivity index (χ3n) is 16.7. The minimum atomic E-state index is -0.796. The molecule has 0 saturated carbocycles. The molecule has 0 spiro atoms. The Balaban J connectivity index is 0. The molecule has 0 aliphatic carbocycles. The summed E-state index contributed by atoms with van der Waals surface area (Å²) < 4.78 is 49.8. The zero-order chi connectivity index (χ0) is 90.7. The van der Waals surface area contributed by atoms with Crippen LogP contribution in [0, 0.1) is 87.7 Å². The van der Waals surface area contributed by atoms with Gasteiger partial charge in [0.1, 0.15) is 23.8 Å². The van der Waals surface area contributed by atoms with E-state index in [1.807, 2.05) is 54.6 Å². The van der Waals surface area contributed by atoms with Crippen molar-refractivity contribution in [1.82, 2.24) is 9.97 Å². The zero-order valence-electron chi connectivity index (χ0n) is 79.8. The van der Waals surface area contributed by atoms with Crippen LogP contribution in [0.4, 0.5) is 5.13 Å². The molecule has 10 aromatic rings. The number of nitrogens with zero attached hydrogens (tertiary/aromatic N) is 5. The number of nitrogens with one attached hydrogen (secondary N) is 1. The molecule has 136 heavy (non-hydrogen) atoms. The van der Waals surface area contributed by atoms with Gasteiger partial charge in [-0.25, -0.2) is 85.0 Å². The molecule has 6 heterocycles. The molecule has 41 heteroatoms. The van der Waals surface area contributed by atoms with E-state index in [-0.39, 0.29) is 594 Å².